The third-order valence-corrected chi connectivity index (χ3v) is 4.99. The van der Waals surface area contributed by atoms with Crippen LogP contribution in [0.15, 0.2) is 41.8 Å². The van der Waals surface area contributed by atoms with E-state index in [0.717, 1.165) is 5.56 Å². The van der Waals surface area contributed by atoms with Crippen LogP contribution in [0.25, 0.3) is 0 Å². The molecule has 0 fully saturated rings. The summed E-state index contributed by atoms with van der Waals surface area (Å²) in [5.74, 6) is -0.284. The van der Waals surface area contributed by atoms with Gasteiger partial charge in [0.25, 0.3) is 11.8 Å². The van der Waals surface area contributed by atoms with Gasteiger partial charge in [-0.2, -0.15) is 0 Å². The smallest absolute Gasteiger partial charge is 0.261 e. The Balaban J connectivity index is 1.73. The van der Waals surface area contributed by atoms with Crippen LogP contribution in [0.4, 0.5) is 0 Å². The molecule has 2 rings (SSSR count). The summed E-state index contributed by atoms with van der Waals surface area (Å²) in [4.78, 5) is 38.4. The fourth-order valence-corrected chi connectivity index (χ4v) is 3.17. The van der Waals surface area contributed by atoms with Crippen molar-refractivity contribution in [3.8, 4) is 0 Å². The minimum atomic E-state index is -0.161. The van der Waals surface area contributed by atoms with E-state index in [1.807, 2.05) is 37.4 Å². The molecule has 1 aromatic heterocycles. The molecule has 27 heavy (non-hydrogen) atoms. The summed E-state index contributed by atoms with van der Waals surface area (Å²) in [6, 6.07) is 10.8. The highest BCUT2D eigenvalue weighted by Gasteiger charge is 2.12. The van der Waals surface area contributed by atoms with E-state index in [4.69, 9.17) is 0 Å². The molecule has 144 valence electrons. The van der Waals surface area contributed by atoms with Crippen LogP contribution in [-0.2, 0) is 11.3 Å². The third-order valence-electron chi connectivity index (χ3n) is 4.12. The van der Waals surface area contributed by atoms with Gasteiger partial charge in [-0.15, -0.1) is 11.3 Å². The van der Waals surface area contributed by atoms with Gasteiger partial charge >= 0.3 is 0 Å². The first-order chi connectivity index (χ1) is 13.0. The Morgan fingerprint density at radius 3 is 2.30 bits per heavy atom. The summed E-state index contributed by atoms with van der Waals surface area (Å²) in [6.07, 6.45) is 0.218. The molecule has 0 aliphatic carbocycles. The van der Waals surface area contributed by atoms with E-state index in [2.05, 4.69) is 10.6 Å². The molecule has 0 bridgehead atoms. The minimum absolute atomic E-state index is 0.0112. The van der Waals surface area contributed by atoms with Crippen molar-refractivity contribution in [1.29, 1.82) is 0 Å². The average molecular weight is 388 g/mol. The van der Waals surface area contributed by atoms with Crippen LogP contribution in [-0.4, -0.2) is 42.3 Å². The molecular formula is C20H25N3O3S. The molecule has 1 heterocycles. The van der Waals surface area contributed by atoms with Crippen molar-refractivity contribution in [3.05, 3.63) is 57.8 Å². The summed E-state index contributed by atoms with van der Waals surface area (Å²) < 4.78 is 0. The van der Waals surface area contributed by atoms with Crippen molar-refractivity contribution < 1.29 is 14.4 Å². The number of benzene rings is 1. The Morgan fingerprint density at radius 2 is 1.70 bits per heavy atom. The predicted molar refractivity (Wildman–Crippen MR) is 107 cm³/mol. The Hall–Kier alpha value is -2.67. The van der Waals surface area contributed by atoms with Gasteiger partial charge in [0.1, 0.15) is 0 Å². The van der Waals surface area contributed by atoms with E-state index in [1.54, 1.807) is 23.1 Å². The van der Waals surface area contributed by atoms with Crippen molar-refractivity contribution in [2.24, 2.45) is 0 Å². The zero-order chi connectivity index (χ0) is 19.6. The van der Waals surface area contributed by atoms with Gasteiger partial charge < -0.3 is 15.5 Å². The van der Waals surface area contributed by atoms with Crippen molar-refractivity contribution >= 4 is 29.1 Å². The highest BCUT2D eigenvalue weighted by molar-refractivity contribution is 7.12. The number of nitrogens with zero attached hydrogens (tertiary/aromatic N) is 1. The molecule has 2 aromatic rings. The topological polar surface area (TPSA) is 78.5 Å². The van der Waals surface area contributed by atoms with Crippen LogP contribution in [0.1, 0.15) is 45.9 Å². The maximum absolute atomic E-state index is 12.3. The number of rotatable bonds is 9. The molecule has 0 unspecified atom stereocenters. The summed E-state index contributed by atoms with van der Waals surface area (Å²) in [5, 5.41) is 7.38. The van der Waals surface area contributed by atoms with Crippen LogP contribution >= 0.6 is 11.3 Å². The van der Waals surface area contributed by atoms with Crippen LogP contribution in [0.3, 0.4) is 0 Å². The fourth-order valence-electron chi connectivity index (χ4n) is 2.53. The molecule has 0 spiro atoms. The van der Waals surface area contributed by atoms with E-state index in [1.165, 1.54) is 11.3 Å². The van der Waals surface area contributed by atoms with Gasteiger partial charge in [-0.3, -0.25) is 14.4 Å². The van der Waals surface area contributed by atoms with Gasteiger partial charge in [-0.1, -0.05) is 18.2 Å². The Bertz CT molecular complexity index is 753. The number of carbonyl (C=O) groups is 3. The number of hydrogen-bond donors (Lipinski definition) is 2. The molecule has 0 aliphatic heterocycles. The highest BCUT2D eigenvalue weighted by Crippen LogP contribution is 2.09. The number of carbonyl (C=O) groups excluding carboxylic acids is 3. The first-order valence-corrected chi connectivity index (χ1v) is 9.89. The van der Waals surface area contributed by atoms with Crippen molar-refractivity contribution in [2.75, 3.05) is 19.6 Å². The van der Waals surface area contributed by atoms with E-state index in [0.29, 0.717) is 36.6 Å². The molecular weight excluding hydrogens is 362 g/mol. The first-order valence-electron chi connectivity index (χ1n) is 9.01. The Morgan fingerprint density at radius 1 is 1.00 bits per heavy atom. The SMILES string of the molecule is CCN(CC)C(=O)c1ccc(CNC(=O)CCNC(=O)c2cccs2)cc1. The van der Waals surface area contributed by atoms with Crippen molar-refractivity contribution in [2.45, 2.75) is 26.8 Å². The van der Waals surface area contributed by atoms with E-state index < -0.39 is 0 Å². The van der Waals surface area contributed by atoms with E-state index >= 15 is 0 Å². The van der Waals surface area contributed by atoms with Crippen LogP contribution in [0.5, 0.6) is 0 Å². The molecule has 0 radical (unpaired) electrons. The van der Waals surface area contributed by atoms with Gasteiger partial charge in [0.05, 0.1) is 4.88 Å². The molecule has 2 N–H and O–H groups in total. The second-order valence-corrected chi connectivity index (χ2v) is 6.88. The van der Waals surface area contributed by atoms with Crippen LogP contribution < -0.4 is 10.6 Å². The summed E-state index contributed by atoms with van der Waals surface area (Å²) in [7, 11) is 0. The van der Waals surface area contributed by atoms with Crippen molar-refractivity contribution in [1.82, 2.24) is 15.5 Å². The van der Waals surface area contributed by atoms with Gasteiger partial charge in [0.15, 0.2) is 0 Å². The highest BCUT2D eigenvalue weighted by atomic mass is 32.1. The van der Waals surface area contributed by atoms with Crippen LogP contribution in [0, 0.1) is 0 Å². The normalized spacial score (nSPS) is 10.3. The zero-order valence-electron chi connectivity index (χ0n) is 15.7. The van der Waals surface area contributed by atoms with E-state index in [9.17, 15) is 14.4 Å². The predicted octanol–water partition coefficient (Wildman–Crippen LogP) is 2.67. The van der Waals surface area contributed by atoms with Gasteiger partial charge in [0.2, 0.25) is 5.91 Å². The molecule has 0 atom stereocenters. The lowest BCUT2D eigenvalue weighted by Crippen LogP contribution is -2.30. The number of nitrogens with one attached hydrogen (secondary N) is 2. The Labute approximate surface area is 163 Å². The lowest BCUT2D eigenvalue weighted by molar-refractivity contribution is -0.121. The largest absolute Gasteiger partial charge is 0.352 e. The number of thiophene rings is 1. The van der Waals surface area contributed by atoms with Gasteiger partial charge in [0, 0.05) is 38.2 Å². The standard InChI is InChI=1S/C20H25N3O3S/c1-3-23(4-2)20(26)16-9-7-15(8-10-16)14-22-18(24)11-12-21-19(25)17-6-5-13-27-17/h5-10,13H,3-4,11-12,14H2,1-2H3,(H,21,25)(H,22,24). The molecule has 0 aliphatic rings. The molecule has 1 aromatic carbocycles. The van der Waals surface area contributed by atoms with Crippen molar-refractivity contribution in [3.63, 3.8) is 0 Å². The van der Waals surface area contributed by atoms with Gasteiger partial charge in [-0.25, -0.2) is 0 Å². The molecule has 0 saturated carbocycles. The third kappa shape index (κ3) is 6.21. The fraction of sp³-hybridized carbons (Fsp3) is 0.350. The number of hydrogen-bond acceptors (Lipinski definition) is 4. The number of amides is 3. The summed E-state index contributed by atoms with van der Waals surface area (Å²) >= 11 is 1.37. The summed E-state index contributed by atoms with van der Waals surface area (Å²) in [6.45, 7) is 5.94. The lowest BCUT2D eigenvalue weighted by atomic mass is 10.1. The van der Waals surface area contributed by atoms with E-state index in [-0.39, 0.29) is 24.1 Å². The minimum Gasteiger partial charge on any atom is -0.352 e. The maximum Gasteiger partial charge on any atom is 0.261 e. The lowest BCUT2D eigenvalue weighted by Gasteiger charge is -2.18. The van der Waals surface area contributed by atoms with Crippen LogP contribution in [0.2, 0.25) is 0 Å². The second-order valence-electron chi connectivity index (χ2n) is 5.93. The molecule has 3 amide bonds. The zero-order valence-corrected chi connectivity index (χ0v) is 16.5. The monoisotopic (exact) mass is 387 g/mol. The molecule has 6 nitrogen and oxygen atoms in total. The Kier molecular flexibility index (Phi) is 8.00. The molecule has 0 saturated heterocycles. The summed E-state index contributed by atoms with van der Waals surface area (Å²) in [5.41, 5.74) is 1.56. The maximum atomic E-state index is 12.3. The average Bonchev–Trinajstić information content (AvgIpc) is 3.22. The molecule has 7 heteroatoms. The van der Waals surface area contributed by atoms with Gasteiger partial charge in [-0.05, 0) is 43.0 Å². The quantitative estimate of drug-likeness (QED) is 0.694. The second kappa shape index (κ2) is 10.5. The first kappa shape index (κ1) is 20.6.